The summed E-state index contributed by atoms with van der Waals surface area (Å²) in [7, 11) is 3.92. The van der Waals surface area contributed by atoms with Crippen LogP contribution in [0.5, 0.6) is 0 Å². The highest BCUT2D eigenvalue weighted by atomic mass is 32.2. The second kappa shape index (κ2) is 10.7. The Labute approximate surface area is 193 Å². The van der Waals surface area contributed by atoms with Gasteiger partial charge in [-0.3, -0.25) is 14.3 Å². The average Bonchev–Trinajstić information content (AvgIpc) is 3.21. The predicted octanol–water partition coefficient (Wildman–Crippen LogP) is 5.27. The number of thioether (sulfide) groups is 1. The maximum absolute atomic E-state index is 13.5. The molecule has 6 nitrogen and oxygen atoms in total. The van der Waals surface area contributed by atoms with Gasteiger partial charge in [0.2, 0.25) is 5.91 Å². The van der Waals surface area contributed by atoms with E-state index in [0.29, 0.717) is 11.1 Å². The lowest BCUT2D eigenvalue weighted by molar-refractivity contribution is -0.113. The van der Waals surface area contributed by atoms with Crippen molar-refractivity contribution >= 4 is 23.4 Å². The number of para-hydroxylation sites is 1. The van der Waals surface area contributed by atoms with E-state index in [1.165, 1.54) is 23.9 Å². The van der Waals surface area contributed by atoms with E-state index in [2.05, 4.69) is 35.4 Å². The van der Waals surface area contributed by atoms with Gasteiger partial charge < -0.3 is 5.32 Å². The number of amides is 1. The molecule has 1 aromatic heterocycles. The van der Waals surface area contributed by atoms with E-state index >= 15 is 0 Å². The van der Waals surface area contributed by atoms with Gasteiger partial charge in [0, 0.05) is 11.4 Å². The van der Waals surface area contributed by atoms with Gasteiger partial charge >= 0.3 is 0 Å². The number of hydrogen-bond donors (Lipinski definition) is 1. The van der Waals surface area contributed by atoms with Gasteiger partial charge in [-0.15, -0.1) is 10.2 Å². The maximum Gasteiger partial charge on any atom is 0.234 e. The molecule has 2 aromatic carbocycles. The molecule has 0 spiro atoms. The Morgan fingerprint density at radius 1 is 1.12 bits per heavy atom. The minimum atomic E-state index is -0.308. The number of halogens is 1. The molecule has 3 aromatic rings. The van der Waals surface area contributed by atoms with Gasteiger partial charge in [-0.1, -0.05) is 43.8 Å². The molecule has 0 fully saturated rings. The summed E-state index contributed by atoms with van der Waals surface area (Å²) in [5.74, 6) is 0.853. The van der Waals surface area contributed by atoms with Crippen LogP contribution >= 0.6 is 11.8 Å². The average molecular weight is 456 g/mol. The monoisotopic (exact) mass is 455 g/mol. The molecule has 0 saturated heterocycles. The lowest BCUT2D eigenvalue weighted by Gasteiger charge is -2.20. The van der Waals surface area contributed by atoms with E-state index in [9.17, 15) is 9.18 Å². The summed E-state index contributed by atoms with van der Waals surface area (Å²) in [5, 5.41) is 12.3. The first-order valence-corrected chi connectivity index (χ1v) is 11.7. The van der Waals surface area contributed by atoms with E-state index in [1.807, 2.05) is 48.7 Å². The number of benzene rings is 2. The minimum absolute atomic E-state index is 0.0156. The van der Waals surface area contributed by atoms with Crippen LogP contribution in [-0.2, 0) is 4.79 Å². The van der Waals surface area contributed by atoms with Crippen LogP contribution in [0, 0.1) is 5.82 Å². The van der Waals surface area contributed by atoms with Crippen molar-refractivity contribution in [1.82, 2.24) is 19.7 Å². The number of anilines is 1. The Balaban J connectivity index is 1.81. The number of nitrogens with zero attached hydrogens (tertiary/aromatic N) is 4. The first-order chi connectivity index (χ1) is 15.3. The number of carbonyl (C=O) groups is 1. The van der Waals surface area contributed by atoms with Crippen molar-refractivity contribution in [2.24, 2.45) is 0 Å². The molecule has 1 N–H and O–H groups in total. The molecule has 1 amide bonds. The van der Waals surface area contributed by atoms with Crippen molar-refractivity contribution in [2.45, 2.75) is 44.3 Å². The molecule has 0 radical (unpaired) electrons. The number of carbonyl (C=O) groups excluding carboxylic acids is 1. The largest absolute Gasteiger partial charge is 0.325 e. The summed E-state index contributed by atoms with van der Waals surface area (Å²) >= 11 is 1.31. The zero-order chi connectivity index (χ0) is 23.3. The number of hydrogen-bond acceptors (Lipinski definition) is 5. The maximum atomic E-state index is 13.5. The summed E-state index contributed by atoms with van der Waals surface area (Å²) in [4.78, 5) is 14.8. The Hall–Kier alpha value is -2.71. The first-order valence-electron chi connectivity index (χ1n) is 10.7. The quantitative estimate of drug-likeness (QED) is 0.445. The highest BCUT2D eigenvalue weighted by Crippen LogP contribution is 2.29. The van der Waals surface area contributed by atoms with E-state index < -0.39 is 0 Å². The Kier molecular flexibility index (Phi) is 8.04. The van der Waals surface area contributed by atoms with Crippen molar-refractivity contribution in [3.8, 4) is 5.69 Å². The molecule has 3 rings (SSSR count). The SMILES string of the molecule is CC[C@H](C)c1ccccc1NC(=O)CSc1nnc([C@@H](C)N(C)C)n1-c1ccc(F)cc1. The standard InChI is InChI=1S/C24H30FN5OS/c1-6-16(2)20-9-7-8-10-21(20)26-22(31)15-32-24-28-27-23(17(3)29(4)5)30(24)19-13-11-18(25)12-14-19/h7-14,16-17H,6,15H2,1-5H3,(H,26,31)/t16-,17+/m0/s1. The Morgan fingerprint density at radius 3 is 2.47 bits per heavy atom. The van der Waals surface area contributed by atoms with Crippen LogP contribution in [0.3, 0.4) is 0 Å². The van der Waals surface area contributed by atoms with Crippen LogP contribution in [0.1, 0.15) is 50.5 Å². The van der Waals surface area contributed by atoms with Crippen LogP contribution in [0.15, 0.2) is 53.7 Å². The Morgan fingerprint density at radius 2 is 1.81 bits per heavy atom. The van der Waals surface area contributed by atoms with E-state index in [4.69, 9.17) is 0 Å². The second-order valence-corrected chi connectivity index (χ2v) is 8.97. The third kappa shape index (κ3) is 5.55. The number of aromatic nitrogens is 3. The van der Waals surface area contributed by atoms with Crippen molar-refractivity contribution in [3.63, 3.8) is 0 Å². The second-order valence-electron chi connectivity index (χ2n) is 8.03. The fraction of sp³-hybridized carbons (Fsp3) is 0.375. The first kappa shape index (κ1) is 23.9. The Bertz CT molecular complexity index is 1050. The summed E-state index contributed by atoms with van der Waals surface area (Å²) < 4.78 is 15.4. The summed E-state index contributed by atoms with van der Waals surface area (Å²) in [6, 6.07) is 14.1. The van der Waals surface area contributed by atoms with Gasteiger partial charge in [0.25, 0.3) is 0 Å². The summed E-state index contributed by atoms with van der Waals surface area (Å²) in [6.45, 7) is 6.31. The van der Waals surface area contributed by atoms with Crippen LogP contribution in [0.2, 0.25) is 0 Å². The molecular weight excluding hydrogens is 425 g/mol. The van der Waals surface area contributed by atoms with Gasteiger partial charge in [-0.25, -0.2) is 4.39 Å². The fourth-order valence-electron chi connectivity index (χ4n) is 3.29. The zero-order valence-corrected chi connectivity index (χ0v) is 20.0. The van der Waals surface area contributed by atoms with Crippen LogP contribution < -0.4 is 5.32 Å². The van der Waals surface area contributed by atoms with Crippen molar-refractivity contribution in [1.29, 1.82) is 0 Å². The van der Waals surface area contributed by atoms with E-state index in [0.717, 1.165) is 29.2 Å². The third-order valence-electron chi connectivity index (χ3n) is 5.60. The zero-order valence-electron chi connectivity index (χ0n) is 19.2. The molecule has 0 aliphatic carbocycles. The lowest BCUT2D eigenvalue weighted by Crippen LogP contribution is -2.21. The predicted molar refractivity (Wildman–Crippen MR) is 128 cm³/mol. The lowest BCUT2D eigenvalue weighted by atomic mass is 9.97. The minimum Gasteiger partial charge on any atom is -0.325 e. The van der Waals surface area contributed by atoms with Crippen LogP contribution in [-0.4, -0.2) is 45.4 Å². The smallest absolute Gasteiger partial charge is 0.234 e. The van der Waals surface area contributed by atoms with E-state index in [1.54, 1.807) is 12.1 Å². The van der Waals surface area contributed by atoms with E-state index in [-0.39, 0.29) is 23.5 Å². The topological polar surface area (TPSA) is 63.1 Å². The van der Waals surface area contributed by atoms with Gasteiger partial charge in [-0.05, 0) is 69.3 Å². The molecule has 170 valence electrons. The van der Waals surface area contributed by atoms with Gasteiger partial charge in [0.15, 0.2) is 11.0 Å². The number of rotatable bonds is 9. The van der Waals surface area contributed by atoms with Crippen LogP contribution in [0.4, 0.5) is 10.1 Å². The van der Waals surface area contributed by atoms with Crippen molar-refractivity contribution in [2.75, 3.05) is 25.2 Å². The molecule has 0 bridgehead atoms. The highest BCUT2D eigenvalue weighted by Gasteiger charge is 2.22. The summed E-state index contributed by atoms with van der Waals surface area (Å²) in [5.41, 5.74) is 2.73. The molecular formula is C24H30FN5OS. The molecule has 32 heavy (non-hydrogen) atoms. The normalized spacial score (nSPS) is 13.2. The molecule has 0 aliphatic rings. The van der Waals surface area contributed by atoms with Crippen molar-refractivity contribution < 1.29 is 9.18 Å². The number of nitrogens with one attached hydrogen (secondary N) is 1. The highest BCUT2D eigenvalue weighted by molar-refractivity contribution is 7.99. The van der Waals surface area contributed by atoms with Gasteiger partial charge in [0.1, 0.15) is 5.82 Å². The van der Waals surface area contributed by atoms with Crippen molar-refractivity contribution in [3.05, 3.63) is 65.7 Å². The summed E-state index contributed by atoms with van der Waals surface area (Å²) in [6.07, 6.45) is 0.995. The molecule has 0 unspecified atom stereocenters. The fourth-order valence-corrected chi connectivity index (χ4v) is 4.04. The van der Waals surface area contributed by atoms with Crippen LogP contribution in [0.25, 0.3) is 5.69 Å². The molecule has 1 heterocycles. The van der Waals surface area contributed by atoms with Gasteiger partial charge in [0.05, 0.1) is 11.8 Å². The molecule has 0 saturated carbocycles. The third-order valence-corrected chi connectivity index (χ3v) is 6.53. The van der Waals surface area contributed by atoms with Gasteiger partial charge in [-0.2, -0.15) is 0 Å². The molecule has 2 atom stereocenters. The molecule has 0 aliphatic heterocycles. The molecule has 8 heteroatoms.